The monoisotopic (exact) mass is 281 g/mol. The number of rotatable bonds is 1. The van der Waals surface area contributed by atoms with Gasteiger partial charge in [-0.15, -0.1) is 0 Å². The van der Waals surface area contributed by atoms with E-state index in [1.165, 1.54) is 0 Å². The number of fused-ring (bicyclic) bond motifs is 1. The molecule has 1 unspecified atom stereocenters. The smallest absolute Gasteiger partial charge is 0.236 e. The summed E-state index contributed by atoms with van der Waals surface area (Å²) in [5, 5.41) is 11.6. The van der Waals surface area contributed by atoms with Crippen LogP contribution in [0.4, 0.5) is 5.69 Å². The third-order valence-electron chi connectivity index (χ3n) is 4.59. The van der Waals surface area contributed by atoms with Crippen LogP contribution in [0.1, 0.15) is 25.0 Å². The highest BCUT2D eigenvalue weighted by Crippen LogP contribution is 2.52. The van der Waals surface area contributed by atoms with Crippen LogP contribution in [-0.2, 0) is 10.4 Å². The van der Waals surface area contributed by atoms with Gasteiger partial charge < -0.3 is 10.0 Å². The molecule has 1 aliphatic heterocycles. The number of aliphatic hydroxyl groups is 1. The minimum absolute atomic E-state index is 0.0902. The number of carbonyl (C=O) groups is 1. The summed E-state index contributed by atoms with van der Waals surface area (Å²) >= 11 is 0. The number of hydrogen-bond acceptors (Lipinski definition) is 2. The lowest BCUT2D eigenvalue weighted by Crippen LogP contribution is -2.57. The van der Waals surface area contributed by atoms with Crippen LogP contribution in [0.15, 0.2) is 54.6 Å². The summed E-state index contributed by atoms with van der Waals surface area (Å²) in [6, 6.07) is 17.0. The first-order chi connectivity index (χ1) is 9.90. The third kappa shape index (κ3) is 1.67. The first-order valence-corrected chi connectivity index (χ1v) is 7.06. The van der Waals surface area contributed by atoms with E-state index in [2.05, 4.69) is 0 Å². The van der Waals surface area contributed by atoms with Gasteiger partial charge >= 0.3 is 0 Å². The molecular weight excluding hydrogens is 262 g/mol. The van der Waals surface area contributed by atoms with Crippen molar-refractivity contribution in [2.24, 2.45) is 5.41 Å². The van der Waals surface area contributed by atoms with Gasteiger partial charge in [-0.25, -0.2) is 0 Å². The van der Waals surface area contributed by atoms with Crippen molar-refractivity contribution in [1.82, 2.24) is 0 Å². The van der Waals surface area contributed by atoms with E-state index in [-0.39, 0.29) is 5.91 Å². The average molecular weight is 281 g/mol. The Morgan fingerprint density at radius 1 is 0.952 bits per heavy atom. The largest absolute Gasteiger partial charge is 0.379 e. The molecule has 1 atom stereocenters. The van der Waals surface area contributed by atoms with Crippen molar-refractivity contribution in [1.29, 1.82) is 0 Å². The molecule has 1 N–H and O–H groups in total. The highest BCUT2D eigenvalue weighted by Gasteiger charge is 2.56. The number of benzene rings is 2. The van der Waals surface area contributed by atoms with Crippen LogP contribution in [0.2, 0.25) is 0 Å². The van der Waals surface area contributed by atoms with Crippen LogP contribution in [0.5, 0.6) is 0 Å². The molecule has 21 heavy (non-hydrogen) atoms. The highest BCUT2D eigenvalue weighted by atomic mass is 16.3. The zero-order valence-corrected chi connectivity index (χ0v) is 12.5. The standard InChI is InChI=1S/C18H19NO2/c1-17(2)16(20)19(3)15-12-8-7-11-14(15)18(17,21)13-9-5-4-6-10-13/h4-12,21H,1-3H3. The second-order valence-electron chi connectivity index (χ2n) is 6.08. The van der Waals surface area contributed by atoms with Crippen LogP contribution < -0.4 is 4.90 Å². The molecule has 0 radical (unpaired) electrons. The molecule has 3 heteroatoms. The number of para-hydroxylation sites is 1. The molecule has 3 nitrogen and oxygen atoms in total. The fraction of sp³-hybridized carbons (Fsp3) is 0.278. The second kappa shape index (κ2) is 4.43. The van der Waals surface area contributed by atoms with Crippen LogP contribution in [0, 0.1) is 5.41 Å². The Hall–Kier alpha value is -2.13. The highest BCUT2D eigenvalue weighted by molar-refractivity contribution is 6.01. The summed E-state index contributed by atoms with van der Waals surface area (Å²) in [5.74, 6) is -0.0902. The van der Waals surface area contributed by atoms with Gasteiger partial charge in [-0.1, -0.05) is 48.5 Å². The van der Waals surface area contributed by atoms with E-state index in [1.807, 2.05) is 54.6 Å². The zero-order chi connectivity index (χ0) is 15.3. The zero-order valence-electron chi connectivity index (χ0n) is 12.5. The first-order valence-electron chi connectivity index (χ1n) is 7.06. The Labute approximate surface area is 124 Å². The van der Waals surface area contributed by atoms with Crippen molar-refractivity contribution >= 4 is 11.6 Å². The summed E-state index contributed by atoms with van der Waals surface area (Å²) in [7, 11) is 1.76. The Kier molecular flexibility index (Phi) is 2.92. The van der Waals surface area contributed by atoms with Gasteiger partial charge in [0.1, 0.15) is 5.60 Å². The first kappa shape index (κ1) is 13.8. The SMILES string of the molecule is CN1C(=O)C(C)(C)C(O)(c2ccccc2)c2ccccc21. The van der Waals surface area contributed by atoms with Gasteiger partial charge in [0.05, 0.1) is 5.41 Å². The predicted octanol–water partition coefficient (Wildman–Crippen LogP) is 2.93. The van der Waals surface area contributed by atoms with E-state index in [0.29, 0.717) is 0 Å². The summed E-state index contributed by atoms with van der Waals surface area (Å²) < 4.78 is 0. The van der Waals surface area contributed by atoms with Crippen LogP contribution in [0.25, 0.3) is 0 Å². The minimum Gasteiger partial charge on any atom is -0.379 e. The average Bonchev–Trinajstić information content (AvgIpc) is 2.52. The van der Waals surface area contributed by atoms with Crippen molar-refractivity contribution in [3.63, 3.8) is 0 Å². The molecule has 0 fully saturated rings. The van der Waals surface area contributed by atoms with Crippen molar-refractivity contribution in [3.05, 3.63) is 65.7 Å². The quantitative estimate of drug-likeness (QED) is 0.873. The van der Waals surface area contributed by atoms with Gasteiger partial charge in [-0.05, 0) is 25.5 Å². The number of amides is 1. The molecule has 108 valence electrons. The maximum absolute atomic E-state index is 12.8. The lowest BCUT2D eigenvalue weighted by Gasteiger charge is -2.49. The topological polar surface area (TPSA) is 40.5 Å². The Morgan fingerprint density at radius 3 is 2.19 bits per heavy atom. The molecule has 0 saturated heterocycles. The summed E-state index contributed by atoms with van der Waals surface area (Å²) in [5.41, 5.74) is -0.0216. The molecule has 3 rings (SSSR count). The number of nitrogens with zero attached hydrogens (tertiary/aromatic N) is 1. The van der Waals surface area contributed by atoms with E-state index >= 15 is 0 Å². The van der Waals surface area contributed by atoms with E-state index in [4.69, 9.17) is 0 Å². The van der Waals surface area contributed by atoms with Crippen LogP contribution >= 0.6 is 0 Å². The van der Waals surface area contributed by atoms with Gasteiger partial charge in [0.15, 0.2) is 0 Å². The Balaban J connectivity index is 2.36. The van der Waals surface area contributed by atoms with Crippen molar-refractivity contribution < 1.29 is 9.90 Å². The van der Waals surface area contributed by atoms with Crippen molar-refractivity contribution in [2.45, 2.75) is 19.4 Å². The summed E-state index contributed by atoms with van der Waals surface area (Å²) in [6.07, 6.45) is 0. The van der Waals surface area contributed by atoms with Gasteiger partial charge in [-0.2, -0.15) is 0 Å². The Bertz CT molecular complexity index is 693. The molecule has 0 bridgehead atoms. The maximum Gasteiger partial charge on any atom is 0.236 e. The van der Waals surface area contributed by atoms with Gasteiger partial charge in [0, 0.05) is 18.3 Å². The molecule has 0 aromatic heterocycles. The molecule has 1 aliphatic rings. The van der Waals surface area contributed by atoms with E-state index in [0.717, 1.165) is 16.8 Å². The van der Waals surface area contributed by atoms with E-state index in [1.54, 1.807) is 25.8 Å². The molecule has 1 amide bonds. The lowest BCUT2D eigenvalue weighted by atomic mass is 9.64. The number of hydrogen-bond donors (Lipinski definition) is 1. The summed E-state index contributed by atoms with van der Waals surface area (Å²) in [4.78, 5) is 14.4. The third-order valence-corrected chi connectivity index (χ3v) is 4.59. The molecule has 0 saturated carbocycles. The fourth-order valence-corrected chi connectivity index (χ4v) is 3.29. The molecular formula is C18H19NO2. The Morgan fingerprint density at radius 2 is 1.52 bits per heavy atom. The number of anilines is 1. The van der Waals surface area contributed by atoms with Crippen molar-refractivity contribution in [3.8, 4) is 0 Å². The summed E-state index contributed by atoms with van der Waals surface area (Å²) in [6.45, 7) is 3.60. The van der Waals surface area contributed by atoms with Crippen LogP contribution in [-0.4, -0.2) is 18.1 Å². The molecule has 2 aromatic carbocycles. The molecule has 2 aromatic rings. The lowest BCUT2D eigenvalue weighted by molar-refractivity contribution is -0.141. The van der Waals surface area contributed by atoms with Gasteiger partial charge in [0.2, 0.25) is 5.91 Å². The van der Waals surface area contributed by atoms with Crippen LogP contribution in [0.3, 0.4) is 0 Å². The van der Waals surface area contributed by atoms with Gasteiger partial charge in [-0.3, -0.25) is 4.79 Å². The normalized spacial score (nSPS) is 23.8. The van der Waals surface area contributed by atoms with Crippen molar-refractivity contribution in [2.75, 3.05) is 11.9 Å². The molecule has 1 heterocycles. The second-order valence-corrected chi connectivity index (χ2v) is 6.08. The molecule has 0 spiro atoms. The predicted molar refractivity (Wildman–Crippen MR) is 83.1 cm³/mol. The maximum atomic E-state index is 12.8. The van der Waals surface area contributed by atoms with E-state index < -0.39 is 11.0 Å². The van der Waals surface area contributed by atoms with E-state index in [9.17, 15) is 9.90 Å². The number of carbonyl (C=O) groups excluding carboxylic acids is 1. The fourth-order valence-electron chi connectivity index (χ4n) is 3.29. The molecule has 0 aliphatic carbocycles. The van der Waals surface area contributed by atoms with Gasteiger partial charge in [0.25, 0.3) is 0 Å². The minimum atomic E-state index is -1.34.